The molecule has 0 bridgehead atoms. The number of benzene rings is 3. The van der Waals surface area contributed by atoms with Crippen LogP contribution >= 0.6 is 0 Å². The van der Waals surface area contributed by atoms with E-state index in [2.05, 4.69) is 96.9 Å². The van der Waals surface area contributed by atoms with Gasteiger partial charge in [0.15, 0.2) is 0 Å². The van der Waals surface area contributed by atoms with Crippen molar-refractivity contribution in [1.82, 2.24) is 4.98 Å². The molecular formula is C28H21N. The van der Waals surface area contributed by atoms with Gasteiger partial charge in [0, 0.05) is 12.4 Å². The fourth-order valence-electron chi connectivity index (χ4n) is 4.02. The molecule has 3 aromatic carbocycles. The highest BCUT2D eigenvalue weighted by Gasteiger charge is 2.25. The molecule has 138 valence electrons. The van der Waals surface area contributed by atoms with Gasteiger partial charge in [-0.05, 0) is 63.6 Å². The number of aromatic nitrogens is 1. The van der Waals surface area contributed by atoms with Crippen LogP contribution in [0, 0.1) is 6.92 Å². The molecule has 5 rings (SSSR count). The molecule has 1 aliphatic carbocycles. The first-order valence-corrected chi connectivity index (χ1v) is 9.90. The van der Waals surface area contributed by atoms with E-state index < -0.39 is 0 Å². The lowest BCUT2D eigenvalue weighted by Crippen LogP contribution is -1.90. The summed E-state index contributed by atoms with van der Waals surface area (Å²) in [5.41, 5.74) is 11.4. The second-order valence-corrected chi connectivity index (χ2v) is 7.36. The number of nitrogens with zero attached hydrogens (tertiary/aromatic N) is 1. The lowest BCUT2D eigenvalue weighted by atomic mass is 9.92. The van der Waals surface area contributed by atoms with Gasteiger partial charge in [-0.2, -0.15) is 0 Å². The molecule has 1 heteroatoms. The van der Waals surface area contributed by atoms with Crippen LogP contribution in [-0.2, 0) is 0 Å². The van der Waals surface area contributed by atoms with Crippen LogP contribution in [0.1, 0.15) is 27.8 Å². The Morgan fingerprint density at radius 1 is 0.655 bits per heavy atom. The maximum Gasteiger partial charge on any atom is 0.0273 e. The average molecular weight is 371 g/mol. The Morgan fingerprint density at radius 3 is 1.79 bits per heavy atom. The van der Waals surface area contributed by atoms with Crippen LogP contribution in [0.4, 0.5) is 0 Å². The zero-order chi connectivity index (χ0) is 19.6. The predicted molar refractivity (Wildman–Crippen MR) is 122 cm³/mol. The minimum Gasteiger partial charge on any atom is -0.265 e. The van der Waals surface area contributed by atoms with Gasteiger partial charge in [-0.15, -0.1) is 0 Å². The molecule has 4 aromatic rings. The van der Waals surface area contributed by atoms with Crippen LogP contribution in [0.3, 0.4) is 0 Å². The van der Waals surface area contributed by atoms with E-state index in [-0.39, 0.29) is 0 Å². The van der Waals surface area contributed by atoms with Gasteiger partial charge in [0.2, 0.25) is 0 Å². The quantitative estimate of drug-likeness (QED) is 0.331. The first-order valence-electron chi connectivity index (χ1n) is 9.90. The Hall–Kier alpha value is -3.71. The Labute approximate surface area is 171 Å². The van der Waals surface area contributed by atoms with Gasteiger partial charge in [0.05, 0.1) is 0 Å². The van der Waals surface area contributed by atoms with E-state index in [9.17, 15) is 0 Å². The largest absolute Gasteiger partial charge is 0.265 e. The maximum absolute atomic E-state index is 4.13. The first kappa shape index (κ1) is 17.4. The van der Waals surface area contributed by atoms with Gasteiger partial charge >= 0.3 is 0 Å². The van der Waals surface area contributed by atoms with Crippen LogP contribution in [0.25, 0.3) is 28.3 Å². The summed E-state index contributed by atoms with van der Waals surface area (Å²) in [5.74, 6) is 0. The summed E-state index contributed by atoms with van der Waals surface area (Å²) >= 11 is 0. The normalized spacial score (nSPS) is 12.1. The van der Waals surface area contributed by atoms with Gasteiger partial charge in [-0.3, -0.25) is 4.98 Å². The Balaban J connectivity index is 1.79. The van der Waals surface area contributed by atoms with E-state index in [4.69, 9.17) is 0 Å². The van der Waals surface area contributed by atoms with Gasteiger partial charge in [0.1, 0.15) is 0 Å². The fourth-order valence-corrected chi connectivity index (χ4v) is 4.02. The Kier molecular flexibility index (Phi) is 4.42. The number of rotatable bonds is 3. The third-order valence-corrected chi connectivity index (χ3v) is 5.46. The zero-order valence-electron chi connectivity index (χ0n) is 16.3. The number of fused-ring (bicyclic) bond motifs is 3. The minimum absolute atomic E-state index is 1.14. The summed E-state index contributed by atoms with van der Waals surface area (Å²) in [4.78, 5) is 4.13. The average Bonchev–Trinajstić information content (AvgIpc) is 3.11. The predicted octanol–water partition coefficient (Wildman–Crippen LogP) is 7.04. The van der Waals surface area contributed by atoms with Crippen molar-refractivity contribution in [2.24, 2.45) is 0 Å². The molecule has 0 saturated carbocycles. The van der Waals surface area contributed by atoms with Crippen molar-refractivity contribution in [1.29, 1.82) is 0 Å². The maximum atomic E-state index is 4.13. The summed E-state index contributed by atoms with van der Waals surface area (Å²) in [6, 6.07) is 30.3. The van der Waals surface area contributed by atoms with Crippen molar-refractivity contribution in [2.45, 2.75) is 6.92 Å². The summed E-state index contributed by atoms with van der Waals surface area (Å²) in [6.07, 6.45) is 8.08. The van der Waals surface area contributed by atoms with Crippen LogP contribution in [0.2, 0.25) is 0 Å². The second kappa shape index (κ2) is 7.37. The van der Waals surface area contributed by atoms with Crippen molar-refractivity contribution >= 4 is 17.2 Å². The van der Waals surface area contributed by atoms with E-state index in [1.165, 1.54) is 44.5 Å². The number of allylic oxidation sites excluding steroid dienone is 2. The van der Waals surface area contributed by atoms with Crippen LogP contribution in [0.15, 0.2) is 103 Å². The monoisotopic (exact) mass is 371 g/mol. The highest BCUT2D eigenvalue weighted by atomic mass is 14.6. The Bertz CT molecular complexity index is 1180. The molecule has 0 fully saturated rings. The van der Waals surface area contributed by atoms with Crippen LogP contribution in [-0.4, -0.2) is 4.98 Å². The molecule has 1 heterocycles. The fraction of sp³-hybridized carbons (Fsp3) is 0.0357. The summed E-state index contributed by atoms with van der Waals surface area (Å²) < 4.78 is 0. The topological polar surface area (TPSA) is 12.9 Å². The highest BCUT2D eigenvalue weighted by Crippen LogP contribution is 2.47. The molecule has 0 unspecified atom stereocenters. The Morgan fingerprint density at radius 2 is 1.21 bits per heavy atom. The van der Waals surface area contributed by atoms with Crippen molar-refractivity contribution in [3.05, 3.63) is 131 Å². The van der Waals surface area contributed by atoms with Crippen molar-refractivity contribution in [3.8, 4) is 11.1 Å². The standard InChI is InChI=1S/C28H21N/c1-20-10-13-22(14-11-20)23(15-12-21-16-18-29-19-17-21)28-26-8-4-2-6-24(26)25-7-3-5-9-27(25)28/h2-19H,1H3/b15-12+. The molecule has 0 radical (unpaired) electrons. The van der Waals surface area contributed by atoms with Gasteiger partial charge in [0.25, 0.3) is 0 Å². The number of hydrogen-bond donors (Lipinski definition) is 0. The highest BCUT2D eigenvalue weighted by molar-refractivity contribution is 6.12. The minimum atomic E-state index is 1.14. The molecule has 0 saturated heterocycles. The molecule has 1 nitrogen and oxygen atoms in total. The summed E-state index contributed by atoms with van der Waals surface area (Å²) in [6.45, 7) is 2.13. The molecule has 0 aliphatic heterocycles. The third kappa shape index (κ3) is 3.21. The number of hydrogen-bond acceptors (Lipinski definition) is 1. The molecule has 1 aliphatic rings. The first-order chi connectivity index (χ1) is 14.3. The molecule has 1 aromatic heterocycles. The molecule has 0 spiro atoms. The molecule has 0 amide bonds. The molecule has 0 N–H and O–H groups in total. The number of aryl methyl sites for hydroxylation is 1. The van der Waals surface area contributed by atoms with Gasteiger partial charge in [-0.25, -0.2) is 0 Å². The van der Waals surface area contributed by atoms with Gasteiger partial charge in [-0.1, -0.05) is 90.5 Å². The molecule has 0 atom stereocenters. The molecule has 29 heavy (non-hydrogen) atoms. The zero-order valence-corrected chi connectivity index (χ0v) is 16.3. The smallest absolute Gasteiger partial charge is 0.0273 e. The summed E-state index contributed by atoms with van der Waals surface area (Å²) in [7, 11) is 0. The van der Waals surface area contributed by atoms with Crippen molar-refractivity contribution in [3.63, 3.8) is 0 Å². The van der Waals surface area contributed by atoms with Gasteiger partial charge < -0.3 is 0 Å². The van der Waals surface area contributed by atoms with Crippen LogP contribution < -0.4 is 0 Å². The molecular weight excluding hydrogens is 350 g/mol. The van der Waals surface area contributed by atoms with E-state index in [0.717, 1.165) is 5.56 Å². The lowest BCUT2D eigenvalue weighted by Gasteiger charge is -2.12. The van der Waals surface area contributed by atoms with Crippen molar-refractivity contribution < 1.29 is 0 Å². The van der Waals surface area contributed by atoms with Crippen molar-refractivity contribution in [2.75, 3.05) is 0 Å². The van der Waals surface area contributed by atoms with Crippen LogP contribution in [0.5, 0.6) is 0 Å². The summed E-state index contributed by atoms with van der Waals surface area (Å²) in [5, 5.41) is 0. The lowest BCUT2D eigenvalue weighted by molar-refractivity contribution is 1.32. The second-order valence-electron chi connectivity index (χ2n) is 7.36. The van der Waals surface area contributed by atoms with E-state index >= 15 is 0 Å². The number of pyridine rings is 1. The van der Waals surface area contributed by atoms with E-state index in [0.29, 0.717) is 0 Å². The van der Waals surface area contributed by atoms with E-state index in [1.54, 1.807) is 0 Å². The SMILES string of the molecule is Cc1ccc(C(/C=C/c2ccncc2)=C2c3ccccc3-c3ccccc32)cc1. The third-order valence-electron chi connectivity index (χ3n) is 5.46. The van der Waals surface area contributed by atoms with E-state index in [1.807, 2.05) is 24.5 Å².